The molecule has 72 valence electrons. The molecule has 1 aliphatic carbocycles. The Morgan fingerprint density at radius 3 is 3.08 bits per heavy atom. The molecule has 0 radical (unpaired) electrons. The highest BCUT2D eigenvalue weighted by atomic mass is 32.1. The number of thiazole rings is 1. The zero-order valence-electron chi connectivity index (χ0n) is 7.44. The largest absolute Gasteiger partial charge is 0.393 e. The van der Waals surface area contributed by atoms with Gasteiger partial charge in [-0.1, -0.05) is 0 Å². The lowest BCUT2D eigenvalue weighted by molar-refractivity contribution is 0.0430. The molecule has 1 aromatic rings. The predicted molar refractivity (Wildman–Crippen MR) is 52.6 cm³/mol. The number of aliphatic hydroxyl groups is 1. The van der Waals surface area contributed by atoms with Gasteiger partial charge in [0.05, 0.1) is 11.6 Å². The summed E-state index contributed by atoms with van der Waals surface area (Å²) in [6.45, 7) is 1.94. The van der Waals surface area contributed by atoms with Crippen LogP contribution in [0.4, 0.5) is 0 Å². The fourth-order valence-electron chi connectivity index (χ4n) is 1.60. The lowest BCUT2D eigenvalue weighted by Crippen LogP contribution is -2.35. The molecule has 1 fully saturated rings. The Bertz CT molecular complexity index is 244. The highest BCUT2D eigenvalue weighted by Gasteiger charge is 2.26. The van der Waals surface area contributed by atoms with Crippen molar-refractivity contribution in [2.24, 2.45) is 5.92 Å². The van der Waals surface area contributed by atoms with E-state index in [1.807, 2.05) is 11.7 Å². The number of nitrogens with one attached hydrogen (secondary N) is 1. The van der Waals surface area contributed by atoms with Crippen LogP contribution < -0.4 is 5.32 Å². The number of hydrogen-bond acceptors (Lipinski definition) is 4. The zero-order valence-corrected chi connectivity index (χ0v) is 8.26. The van der Waals surface area contributed by atoms with E-state index in [-0.39, 0.29) is 6.10 Å². The third-order valence-corrected chi connectivity index (χ3v) is 3.21. The Hall–Kier alpha value is -0.450. The summed E-state index contributed by atoms with van der Waals surface area (Å²) in [5.74, 6) is 0.683. The summed E-state index contributed by atoms with van der Waals surface area (Å²) < 4.78 is 0. The van der Waals surface area contributed by atoms with E-state index in [4.69, 9.17) is 5.11 Å². The van der Waals surface area contributed by atoms with Crippen molar-refractivity contribution in [1.29, 1.82) is 0 Å². The first-order valence-corrected chi connectivity index (χ1v) is 5.48. The summed E-state index contributed by atoms with van der Waals surface area (Å²) in [7, 11) is 0. The summed E-state index contributed by atoms with van der Waals surface area (Å²) in [4.78, 5) is 5.28. The summed E-state index contributed by atoms with van der Waals surface area (Å²) in [6.07, 6.45) is 3.80. The van der Waals surface area contributed by atoms with Crippen LogP contribution >= 0.6 is 11.3 Å². The Balaban J connectivity index is 1.59. The van der Waals surface area contributed by atoms with Crippen LogP contribution in [0.2, 0.25) is 0 Å². The molecule has 0 aliphatic heterocycles. The average Bonchev–Trinajstić information content (AvgIpc) is 2.53. The minimum absolute atomic E-state index is 0.0322. The van der Waals surface area contributed by atoms with Gasteiger partial charge in [0.2, 0.25) is 0 Å². The summed E-state index contributed by atoms with van der Waals surface area (Å²) in [5, 5.41) is 12.4. The van der Waals surface area contributed by atoms with Crippen molar-refractivity contribution in [2.45, 2.75) is 25.5 Å². The van der Waals surface area contributed by atoms with Gasteiger partial charge in [-0.05, 0) is 25.3 Å². The molecular weight excluding hydrogens is 184 g/mol. The van der Waals surface area contributed by atoms with Crippen molar-refractivity contribution in [2.75, 3.05) is 6.54 Å². The van der Waals surface area contributed by atoms with Gasteiger partial charge >= 0.3 is 0 Å². The van der Waals surface area contributed by atoms with Gasteiger partial charge in [-0.25, -0.2) is 0 Å². The van der Waals surface area contributed by atoms with E-state index in [0.717, 1.165) is 25.9 Å². The molecule has 4 heteroatoms. The van der Waals surface area contributed by atoms with Gasteiger partial charge < -0.3 is 10.4 Å². The van der Waals surface area contributed by atoms with E-state index in [2.05, 4.69) is 10.3 Å². The van der Waals surface area contributed by atoms with Gasteiger partial charge in [0, 0.05) is 17.6 Å². The molecule has 2 rings (SSSR count). The van der Waals surface area contributed by atoms with E-state index in [1.165, 1.54) is 4.88 Å². The van der Waals surface area contributed by atoms with Gasteiger partial charge in [-0.2, -0.15) is 0 Å². The van der Waals surface area contributed by atoms with Crippen LogP contribution in [0.5, 0.6) is 0 Å². The summed E-state index contributed by atoms with van der Waals surface area (Å²) >= 11 is 1.68. The maximum Gasteiger partial charge on any atom is 0.0794 e. The predicted octanol–water partition coefficient (Wildman–Crippen LogP) is 1.00. The van der Waals surface area contributed by atoms with Crippen molar-refractivity contribution in [3.63, 3.8) is 0 Å². The standard InChI is InChI=1S/C9H14N2OS/c12-8-1-7(2-8)3-10-4-9-5-11-6-13-9/h5-8,10,12H,1-4H2. The van der Waals surface area contributed by atoms with Crippen LogP contribution in [0.1, 0.15) is 17.7 Å². The molecule has 3 nitrogen and oxygen atoms in total. The number of nitrogens with zero attached hydrogens (tertiary/aromatic N) is 1. The van der Waals surface area contributed by atoms with Crippen molar-refractivity contribution in [3.05, 3.63) is 16.6 Å². The maximum atomic E-state index is 9.07. The quantitative estimate of drug-likeness (QED) is 0.758. The fourth-order valence-corrected chi connectivity index (χ4v) is 2.16. The monoisotopic (exact) mass is 198 g/mol. The Morgan fingerprint density at radius 2 is 2.46 bits per heavy atom. The molecule has 1 saturated carbocycles. The molecule has 1 heterocycles. The third-order valence-electron chi connectivity index (χ3n) is 2.43. The first-order valence-electron chi connectivity index (χ1n) is 4.60. The van der Waals surface area contributed by atoms with Crippen molar-refractivity contribution >= 4 is 11.3 Å². The molecule has 2 N–H and O–H groups in total. The van der Waals surface area contributed by atoms with Gasteiger partial charge in [0.25, 0.3) is 0 Å². The fraction of sp³-hybridized carbons (Fsp3) is 0.667. The molecule has 0 amide bonds. The molecule has 0 spiro atoms. The Kier molecular flexibility index (Phi) is 2.93. The number of aromatic nitrogens is 1. The Morgan fingerprint density at radius 1 is 1.62 bits per heavy atom. The zero-order chi connectivity index (χ0) is 9.10. The minimum atomic E-state index is -0.0322. The average molecular weight is 198 g/mol. The number of hydrogen-bond donors (Lipinski definition) is 2. The smallest absolute Gasteiger partial charge is 0.0794 e. The molecule has 0 unspecified atom stereocenters. The lowest BCUT2D eigenvalue weighted by Gasteiger charge is -2.31. The second kappa shape index (κ2) is 4.17. The van der Waals surface area contributed by atoms with E-state index < -0.39 is 0 Å². The van der Waals surface area contributed by atoms with Gasteiger partial charge in [-0.3, -0.25) is 4.98 Å². The number of rotatable bonds is 4. The number of aliphatic hydroxyl groups excluding tert-OH is 1. The second-order valence-electron chi connectivity index (χ2n) is 3.59. The lowest BCUT2D eigenvalue weighted by atomic mass is 9.82. The SMILES string of the molecule is OC1CC(CNCc2cncs2)C1. The van der Waals surface area contributed by atoms with Crippen LogP contribution in [0.15, 0.2) is 11.7 Å². The highest BCUT2D eigenvalue weighted by molar-refractivity contribution is 7.09. The van der Waals surface area contributed by atoms with E-state index in [9.17, 15) is 0 Å². The van der Waals surface area contributed by atoms with Gasteiger partial charge in [0.1, 0.15) is 0 Å². The molecule has 0 saturated heterocycles. The van der Waals surface area contributed by atoms with E-state index >= 15 is 0 Å². The van der Waals surface area contributed by atoms with Gasteiger partial charge in [-0.15, -0.1) is 11.3 Å². The third kappa shape index (κ3) is 2.49. The van der Waals surface area contributed by atoms with Crippen molar-refractivity contribution < 1.29 is 5.11 Å². The second-order valence-corrected chi connectivity index (χ2v) is 4.56. The minimum Gasteiger partial charge on any atom is -0.393 e. The molecule has 0 aromatic carbocycles. The molecule has 1 aliphatic rings. The maximum absolute atomic E-state index is 9.07. The van der Waals surface area contributed by atoms with Crippen LogP contribution in [0.25, 0.3) is 0 Å². The molecule has 13 heavy (non-hydrogen) atoms. The highest BCUT2D eigenvalue weighted by Crippen LogP contribution is 2.26. The normalized spacial score (nSPS) is 27.2. The van der Waals surface area contributed by atoms with Crippen LogP contribution in [0.3, 0.4) is 0 Å². The molecule has 1 aromatic heterocycles. The van der Waals surface area contributed by atoms with Crippen LogP contribution in [-0.2, 0) is 6.54 Å². The van der Waals surface area contributed by atoms with Crippen molar-refractivity contribution in [3.8, 4) is 0 Å². The Labute approximate surface area is 81.8 Å². The van der Waals surface area contributed by atoms with Gasteiger partial charge in [0.15, 0.2) is 0 Å². The first kappa shape index (κ1) is 9.12. The molecule has 0 bridgehead atoms. The van der Waals surface area contributed by atoms with E-state index in [1.54, 1.807) is 11.3 Å². The first-order chi connectivity index (χ1) is 6.34. The summed E-state index contributed by atoms with van der Waals surface area (Å²) in [5.41, 5.74) is 1.85. The van der Waals surface area contributed by atoms with Crippen molar-refractivity contribution in [1.82, 2.24) is 10.3 Å². The summed E-state index contributed by atoms with van der Waals surface area (Å²) in [6, 6.07) is 0. The van der Waals surface area contributed by atoms with E-state index in [0.29, 0.717) is 5.92 Å². The van der Waals surface area contributed by atoms with Crippen LogP contribution in [0, 0.1) is 5.92 Å². The molecule has 0 atom stereocenters. The topological polar surface area (TPSA) is 45.1 Å². The molecular formula is C9H14N2OS. The van der Waals surface area contributed by atoms with Crippen LogP contribution in [-0.4, -0.2) is 22.7 Å².